The molecule has 0 saturated carbocycles. The molecule has 0 radical (unpaired) electrons. The van der Waals surface area contributed by atoms with Gasteiger partial charge in [0.2, 0.25) is 5.79 Å². The maximum absolute atomic E-state index is 12.7. The largest absolute Gasteiger partial charge is 0.491 e. The van der Waals surface area contributed by atoms with Crippen LogP contribution in [0.2, 0.25) is 10.0 Å². The number of aryl methyl sites for hydroxylation is 1. The summed E-state index contributed by atoms with van der Waals surface area (Å²) in [6, 6.07) is 21.5. The number of unbranched alkanes of at least 4 members (excludes halogenated alkanes) is 1. The molecule has 0 amide bonds. The predicted molar refractivity (Wildman–Crippen MR) is 188 cm³/mol. The molecule has 4 heterocycles. The van der Waals surface area contributed by atoms with Crippen LogP contribution in [0.3, 0.4) is 0 Å². The van der Waals surface area contributed by atoms with E-state index in [1.807, 2.05) is 30.3 Å². The molecule has 5 aromatic rings. The summed E-state index contributed by atoms with van der Waals surface area (Å²) >= 11 is 12.7. The fourth-order valence-corrected chi connectivity index (χ4v) is 6.80. The normalized spacial score (nSPS) is 19.4. The Labute approximate surface area is 294 Å². The molecule has 2 aliphatic rings. The minimum absolute atomic E-state index is 0.104. The average molecular weight is 706 g/mol. The van der Waals surface area contributed by atoms with Gasteiger partial charge in [-0.1, -0.05) is 42.6 Å². The summed E-state index contributed by atoms with van der Waals surface area (Å²) in [4.78, 5) is 21.5. The van der Waals surface area contributed by atoms with Crippen molar-refractivity contribution in [2.75, 3.05) is 49.2 Å². The molecule has 2 fully saturated rings. The highest BCUT2D eigenvalue weighted by Crippen LogP contribution is 2.40. The molecule has 12 nitrogen and oxygen atoms in total. The van der Waals surface area contributed by atoms with E-state index in [2.05, 4.69) is 56.2 Å². The van der Waals surface area contributed by atoms with Crippen molar-refractivity contribution in [2.45, 2.75) is 44.7 Å². The van der Waals surface area contributed by atoms with E-state index in [1.54, 1.807) is 34.0 Å². The van der Waals surface area contributed by atoms with Crippen molar-refractivity contribution in [1.82, 2.24) is 29.1 Å². The number of ether oxygens (including phenoxy) is 3. The molecule has 0 spiro atoms. The SMILES string of the molecule is CCCCn1ncn(-c2ccc(N3CCN(c4ccc(OC[C@@H]5CO[C@@](Cn6cncn6)(c6ccc(Cl)cc6Cl)O5)cc4)CC3)cc2)c1=O. The lowest BCUT2D eigenvalue weighted by Crippen LogP contribution is -2.46. The molecule has 49 heavy (non-hydrogen) atoms. The number of hydrogen-bond acceptors (Lipinski definition) is 9. The van der Waals surface area contributed by atoms with E-state index >= 15 is 0 Å². The van der Waals surface area contributed by atoms with E-state index in [1.165, 1.54) is 11.0 Å². The monoisotopic (exact) mass is 704 g/mol. The van der Waals surface area contributed by atoms with Crippen LogP contribution in [0, 0.1) is 0 Å². The van der Waals surface area contributed by atoms with Crippen molar-refractivity contribution < 1.29 is 14.2 Å². The highest BCUT2D eigenvalue weighted by atomic mass is 35.5. The Kier molecular flexibility index (Phi) is 9.90. The van der Waals surface area contributed by atoms with Crippen LogP contribution in [0.1, 0.15) is 25.3 Å². The fourth-order valence-electron chi connectivity index (χ4n) is 6.25. The molecule has 0 unspecified atom stereocenters. The smallest absolute Gasteiger partial charge is 0.350 e. The highest BCUT2D eigenvalue weighted by Gasteiger charge is 2.45. The molecular weight excluding hydrogens is 667 g/mol. The van der Waals surface area contributed by atoms with Gasteiger partial charge in [-0.05, 0) is 67.1 Å². The van der Waals surface area contributed by atoms with Crippen molar-refractivity contribution in [3.8, 4) is 11.4 Å². The lowest BCUT2D eigenvalue weighted by atomic mass is 10.1. The first kappa shape index (κ1) is 33.2. The van der Waals surface area contributed by atoms with E-state index in [4.69, 9.17) is 37.4 Å². The molecule has 256 valence electrons. The zero-order valence-electron chi connectivity index (χ0n) is 27.2. The number of anilines is 2. The van der Waals surface area contributed by atoms with Crippen molar-refractivity contribution in [3.05, 3.63) is 112 Å². The van der Waals surface area contributed by atoms with Crippen LogP contribution in [0.5, 0.6) is 5.75 Å². The third kappa shape index (κ3) is 7.32. The second-order valence-electron chi connectivity index (χ2n) is 12.2. The predicted octanol–water partition coefficient (Wildman–Crippen LogP) is 5.41. The first-order chi connectivity index (χ1) is 23.9. The molecule has 2 saturated heterocycles. The van der Waals surface area contributed by atoms with E-state index in [0.29, 0.717) is 35.4 Å². The number of rotatable bonds is 12. The van der Waals surface area contributed by atoms with Gasteiger partial charge in [0, 0.05) is 54.7 Å². The van der Waals surface area contributed by atoms with E-state index in [-0.39, 0.29) is 18.3 Å². The highest BCUT2D eigenvalue weighted by molar-refractivity contribution is 6.35. The minimum atomic E-state index is -1.16. The summed E-state index contributed by atoms with van der Waals surface area (Å²) in [5, 5.41) is 9.47. The van der Waals surface area contributed by atoms with Gasteiger partial charge in [0.25, 0.3) is 0 Å². The Balaban J connectivity index is 0.919. The van der Waals surface area contributed by atoms with E-state index < -0.39 is 5.79 Å². The molecule has 0 aliphatic carbocycles. The quantitative estimate of drug-likeness (QED) is 0.169. The topological polar surface area (TPSA) is 105 Å². The van der Waals surface area contributed by atoms with Crippen molar-refractivity contribution in [1.29, 1.82) is 0 Å². The second-order valence-corrected chi connectivity index (χ2v) is 13.0. The summed E-state index contributed by atoms with van der Waals surface area (Å²) in [6.45, 7) is 7.19. The Morgan fingerprint density at radius 3 is 2.24 bits per heavy atom. The summed E-state index contributed by atoms with van der Waals surface area (Å²) < 4.78 is 23.7. The number of benzene rings is 3. The molecule has 2 aromatic heterocycles. The van der Waals surface area contributed by atoms with Crippen LogP contribution >= 0.6 is 23.2 Å². The van der Waals surface area contributed by atoms with E-state index in [0.717, 1.165) is 61.8 Å². The van der Waals surface area contributed by atoms with Crippen molar-refractivity contribution in [2.24, 2.45) is 0 Å². The van der Waals surface area contributed by atoms with Crippen LogP contribution in [0.25, 0.3) is 5.69 Å². The molecule has 7 rings (SSSR count). The number of halogens is 2. The Morgan fingerprint density at radius 1 is 0.898 bits per heavy atom. The second kappa shape index (κ2) is 14.6. The van der Waals surface area contributed by atoms with Gasteiger partial charge in [-0.25, -0.2) is 23.7 Å². The molecule has 2 atom stereocenters. The maximum atomic E-state index is 12.7. The third-order valence-corrected chi connectivity index (χ3v) is 9.45. The van der Waals surface area contributed by atoms with Crippen LogP contribution in [0.4, 0.5) is 11.4 Å². The molecule has 2 aliphatic heterocycles. The Hall–Kier alpha value is -4.36. The van der Waals surface area contributed by atoms with Gasteiger partial charge in [0.05, 0.1) is 17.3 Å². The van der Waals surface area contributed by atoms with Gasteiger partial charge in [0.15, 0.2) is 0 Å². The molecule has 3 aromatic carbocycles. The van der Waals surface area contributed by atoms with Gasteiger partial charge < -0.3 is 24.0 Å². The fraction of sp³-hybridized carbons (Fsp3) is 0.371. The van der Waals surface area contributed by atoms with E-state index in [9.17, 15) is 4.79 Å². The lowest BCUT2D eigenvalue weighted by molar-refractivity contribution is -0.190. The minimum Gasteiger partial charge on any atom is -0.491 e. The number of piperazine rings is 1. The van der Waals surface area contributed by atoms with Crippen molar-refractivity contribution >= 4 is 34.6 Å². The average Bonchev–Trinajstić information content (AvgIpc) is 3.88. The van der Waals surface area contributed by atoms with Gasteiger partial charge >= 0.3 is 5.69 Å². The first-order valence-corrected chi connectivity index (χ1v) is 17.2. The number of nitrogens with zero attached hydrogens (tertiary/aromatic N) is 8. The van der Waals surface area contributed by atoms with Gasteiger partial charge in [-0.2, -0.15) is 10.2 Å². The number of aromatic nitrogens is 6. The van der Waals surface area contributed by atoms with Crippen molar-refractivity contribution in [3.63, 3.8) is 0 Å². The zero-order chi connectivity index (χ0) is 33.8. The summed E-state index contributed by atoms with van der Waals surface area (Å²) in [7, 11) is 0. The zero-order valence-corrected chi connectivity index (χ0v) is 28.7. The van der Waals surface area contributed by atoms with Gasteiger partial charge in [-0.15, -0.1) is 0 Å². The number of hydrogen-bond donors (Lipinski definition) is 0. The Morgan fingerprint density at radius 2 is 1.59 bits per heavy atom. The van der Waals surface area contributed by atoms with Gasteiger partial charge in [-0.3, -0.25) is 0 Å². The lowest BCUT2D eigenvalue weighted by Gasteiger charge is -2.37. The molecule has 14 heteroatoms. The Bertz CT molecular complexity index is 1890. The maximum Gasteiger partial charge on any atom is 0.350 e. The first-order valence-electron chi connectivity index (χ1n) is 16.5. The van der Waals surface area contributed by atoms with Crippen LogP contribution in [-0.2, 0) is 28.4 Å². The summed E-state index contributed by atoms with van der Waals surface area (Å²) in [5.74, 6) is -0.408. The molecule has 0 N–H and O–H groups in total. The third-order valence-electron chi connectivity index (χ3n) is 8.90. The summed E-state index contributed by atoms with van der Waals surface area (Å²) in [6.07, 6.45) is 6.30. The van der Waals surface area contributed by atoms with Crippen LogP contribution in [0.15, 0.2) is 90.5 Å². The standard InChI is InChI=1S/C35H38Cl2N8O4/c1-2-3-14-45-34(46)44(25-40-45)29-7-5-27(6-8-29)41-15-17-42(18-16-41)28-9-11-30(12-10-28)47-20-31-21-48-35(49-31,22-43-24-38-23-39-43)32-13-4-26(36)19-33(32)37/h4-13,19,23-25,31H,2-3,14-18,20-22H2,1H3/t31-,35-/m1/s1. The van der Waals surface area contributed by atoms with Crippen LogP contribution in [-0.4, -0.2) is 74.6 Å². The van der Waals surface area contributed by atoms with Gasteiger partial charge in [0.1, 0.15) is 44.0 Å². The van der Waals surface area contributed by atoms with Crippen LogP contribution < -0.4 is 20.2 Å². The molecular formula is C35H38Cl2N8O4. The molecule has 0 bridgehead atoms. The summed E-state index contributed by atoms with van der Waals surface area (Å²) in [5.41, 5.74) is 3.67.